The molecule has 1 aliphatic rings. The molecule has 0 atom stereocenters. The number of hydrogen-bond acceptors (Lipinski definition) is 3. The molecular formula is C10H11NO3. The molecule has 1 fully saturated rings. The van der Waals surface area contributed by atoms with Crippen LogP contribution in [0.5, 0.6) is 0 Å². The van der Waals surface area contributed by atoms with Crippen LogP contribution in [0.4, 0.5) is 0 Å². The van der Waals surface area contributed by atoms with Gasteiger partial charge in [0.2, 0.25) is 0 Å². The number of carbonyl (C=O) groups excluding carboxylic acids is 1. The van der Waals surface area contributed by atoms with Gasteiger partial charge in [-0.25, -0.2) is 0 Å². The molecule has 0 amide bonds. The molecule has 0 bridgehead atoms. The van der Waals surface area contributed by atoms with E-state index >= 15 is 0 Å². The van der Waals surface area contributed by atoms with Gasteiger partial charge in [0, 0.05) is 18.1 Å². The molecule has 0 saturated heterocycles. The van der Waals surface area contributed by atoms with E-state index in [1.807, 2.05) is 0 Å². The van der Waals surface area contributed by atoms with Gasteiger partial charge in [0.1, 0.15) is 0 Å². The Hall–Kier alpha value is -1.71. The summed E-state index contributed by atoms with van der Waals surface area (Å²) >= 11 is 0. The monoisotopic (exact) mass is 193 g/mol. The first kappa shape index (κ1) is 10.4. The number of allylic oxidation sites excluding steroid dienone is 4. The first-order chi connectivity index (χ1) is 6.56. The van der Waals surface area contributed by atoms with Gasteiger partial charge in [-0.1, -0.05) is 6.58 Å². The predicted octanol–water partition coefficient (Wildman–Crippen LogP) is 2.01. The molecule has 0 aromatic heterocycles. The quantitative estimate of drug-likeness (QED) is 0.383. The number of rotatable bonds is 2. The van der Waals surface area contributed by atoms with Gasteiger partial charge >= 0.3 is 0 Å². The highest BCUT2D eigenvalue weighted by atomic mass is 16.6. The zero-order valence-corrected chi connectivity index (χ0v) is 7.95. The molecule has 0 heterocycles. The van der Waals surface area contributed by atoms with Crippen molar-refractivity contribution in [3.8, 4) is 0 Å². The molecule has 0 radical (unpaired) electrons. The topological polar surface area (TPSA) is 60.2 Å². The molecule has 1 aliphatic carbocycles. The van der Waals surface area contributed by atoms with Gasteiger partial charge in [0.05, 0.1) is 4.92 Å². The van der Waals surface area contributed by atoms with Gasteiger partial charge in [-0.2, -0.15) is 0 Å². The van der Waals surface area contributed by atoms with E-state index in [0.29, 0.717) is 24.0 Å². The first-order valence-electron chi connectivity index (χ1n) is 4.30. The standard InChI is InChI=1S/C10H11NO3/c1-3-8(11(13)14)6-9-7(2)4-5-10(9)12/h3,6H,2,4-5H2,1H3/b8-3+,9-6+. The molecule has 14 heavy (non-hydrogen) atoms. The maximum atomic E-state index is 11.3. The van der Waals surface area contributed by atoms with Crippen molar-refractivity contribution in [2.75, 3.05) is 0 Å². The summed E-state index contributed by atoms with van der Waals surface area (Å²) in [4.78, 5) is 21.3. The summed E-state index contributed by atoms with van der Waals surface area (Å²) in [6.45, 7) is 5.26. The van der Waals surface area contributed by atoms with Crippen LogP contribution in [-0.4, -0.2) is 10.7 Å². The Bertz CT molecular complexity index is 346. The molecule has 0 N–H and O–H groups in total. The molecule has 4 nitrogen and oxygen atoms in total. The molecule has 0 aliphatic heterocycles. The van der Waals surface area contributed by atoms with Crippen molar-refractivity contribution >= 4 is 5.78 Å². The van der Waals surface area contributed by atoms with Crippen LogP contribution >= 0.6 is 0 Å². The highest BCUT2D eigenvalue weighted by molar-refractivity contribution is 6.02. The van der Waals surface area contributed by atoms with E-state index in [9.17, 15) is 14.9 Å². The fourth-order valence-electron chi connectivity index (χ4n) is 1.30. The average Bonchev–Trinajstić information content (AvgIpc) is 2.43. The normalized spacial score (nSPS) is 20.6. The van der Waals surface area contributed by atoms with Gasteiger partial charge in [-0.15, -0.1) is 0 Å². The predicted molar refractivity (Wildman–Crippen MR) is 52.2 cm³/mol. The average molecular weight is 193 g/mol. The second kappa shape index (κ2) is 4.00. The van der Waals surface area contributed by atoms with Crippen molar-refractivity contribution in [2.45, 2.75) is 19.8 Å². The minimum atomic E-state index is -0.508. The van der Waals surface area contributed by atoms with Crippen LogP contribution < -0.4 is 0 Å². The van der Waals surface area contributed by atoms with Crippen LogP contribution in [0.25, 0.3) is 0 Å². The number of Topliss-reactive ketones (excluding diaryl/α,β-unsaturated/α-hetero) is 1. The number of nitro groups is 1. The summed E-state index contributed by atoms with van der Waals surface area (Å²) in [6, 6.07) is 0. The van der Waals surface area contributed by atoms with Gasteiger partial charge < -0.3 is 0 Å². The van der Waals surface area contributed by atoms with Crippen LogP contribution in [0.2, 0.25) is 0 Å². The largest absolute Gasteiger partial charge is 0.294 e. The highest BCUT2D eigenvalue weighted by Gasteiger charge is 2.22. The third-order valence-corrected chi connectivity index (χ3v) is 2.13. The second-order valence-corrected chi connectivity index (χ2v) is 3.06. The fraction of sp³-hybridized carbons (Fsp3) is 0.300. The van der Waals surface area contributed by atoms with E-state index in [2.05, 4.69) is 6.58 Å². The Kier molecular flexibility index (Phi) is 2.96. The maximum absolute atomic E-state index is 11.3. The third-order valence-electron chi connectivity index (χ3n) is 2.13. The van der Waals surface area contributed by atoms with E-state index in [1.54, 1.807) is 6.92 Å². The fourth-order valence-corrected chi connectivity index (χ4v) is 1.30. The van der Waals surface area contributed by atoms with Gasteiger partial charge in [0.15, 0.2) is 5.78 Å². The van der Waals surface area contributed by atoms with Crippen LogP contribution in [0.15, 0.2) is 35.6 Å². The summed E-state index contributed by atoms with van der Waals surface area (Å²) in [5, 5.41) is 10.5. The number of hydrogen-bond donors (Lipinski definition) is 0. The molecular weight excluding hydrogens is 182 g/mol. The lowest BCUT2D eigenvalue weighted by molar-refractivity contribution is -0.419. The zero-order chi connectivity index (χ0) is 10.7. The number of ketones is 1. The van der Waals surface area contributed by atoms with E-state index in [4.69, 9.17) is 0 Å². The minimum Gasteiger partial charge on any atom is -0.294 e. The molecule has 0 aromatic carbocycles. The van der Waals surface area contributed by atoms with E-state index in [1.165, 1.54) is 12.2 Å². The minimum absolute atomic E-state index is 0.0589. The van der Waals surface area contributed by atoms with Crippen LogP contribution in [0.1, 0.15) is 19.8 Å². The van der Waals surface area contributed by atoms with Gasteiger partial charge in [-0.05, 0) is 25.0 Å². The number of carbonyl (C=O) groups is 1. The van der Waals surface area contributed by atoms with Crippen molar-refractivity contribution in [2.24, 2.45) is 0 Å². The number of nitrogens with zero attached hydrogens (tertiary/aromatic N) is 1. The van der Waals surface area contributed by atoms with E-state index in [-0.39, 0.29) is 11.5 Å². The smallest absolute Gasteiger partial charge is 0.265 e. The highest BCUT2D eigenvalue weighted by Crippen LogP contribution is 2.26. The molecule has 0 spiro atoms. The van der Waals surface area contributed by atoms with Crippen molar-refractivity contribution < 1.29 is 9.72 Å². The third kappa shape index (κ3) is 1.96. The Balaban J connectivity index is 3.02. The molecule has 74 valence electrons. The summed E-state index contributed by atoms with van der Waals surface area (Å²) in [7, 11) is 0. The zero-order valence-electron chi connectivity index (χ0n) is 7.95. The first-order valence-corrected chi connectivity index (χ1v) is 4.30. The van der Waals surface area contributed by atoms with E-state index in [0.717, 1.165) is 0 Å². The lowest BCUT2D eigenvalue weighted by Crippen LogP contribution is -1.99. The molecule has 1 rings (SSSR count). The van der Waals surface area contributed by atoms with Crippen LogP contribution in [0, 0.1) is 10.1 Å². The van der Waals surface area contributed by atoms with Crippen LogP contribution in [-0.2, 0) is 4.79 Å². The second-order valence-electron chi connectivity index (χ2n) is 3.06. The van der Waals surface area contributed by atoms with Gasteiger partial charge in [-0.3, -0.25) is 14.9 Å². The van der Waals surface area contributed by atoms with Crippen molar-refractivity contribution in [1.82, 2.24) is 0 Å². The van der Waals surface area contributed by atoms with E-state index < -0.39 is 4.92 Å². The Morgan fingerprint density at radius 3 is 2.57 bits per heavy atom. The Morgan fingerprint density at radius 2 is 2.21 bits per heavy atom. The SMILES string of the molecule is C=C1CCC(=O)/C1=C/C(=C\C)[N+](=O)[O-]. The summed E-state index contributed by atoms with van der Waals surface area (Å²) < 4.78 is 0. The Labute approximate surface area is 81.8 Å². The van der Waals surface area contributed by atoms with Crippen LogP contribution in [0.3, 0.4) is 0 Å². The van der Waals surface area contributed by atoms with Crippen molar-refractivity contribution in [1.29, 1.82) is 0 Å². The lowest BCUT2D eigenvalue weighted by atomic mass is 10.1. The molecule has 4 heteroatoms. The van der Waals surface area contributed by atoms with Crippen molar-refractivity contribution in [3.05, 3.63) is 45.7 Å². The maximum Gasteiger partial charge on any atom is 0.265 e. The lowest BCUT2D eigenvalue weighted by Gasteiger charge is -1.95. The molecule has 0 aromatic rings. The van der Waals surface area contributed by atoms with Gasteiger partial charge in [0.25, 0.3) is 5.70 Å². The molecule has 0 unspecified atom stereocenters. The summed E-state index contributed by atoms with van der Waals surface area (Å²) in [5.41, 5.74) is 1.03. The Morgan fingerprint density at radius 1 is 1.57 bits per heavy atom. The summed E-state index contributed by atoms with van der Waals surface area (Å²) in [6.07, 6.45) is 3.70. The molecule has 1 saturated carbocycles. The summed E-state index contributed by atoms with van der Waals surface area (Å²) in [5.74, 6) is -0.0591. The van der Waals surface area contributed by atoms with Crippen molar-refractivity contribution in [3.63, 3.8) is 0 Å².